The van der Waals surface area contributed by atoms with Crippen LogP contribution in [0.5, 0.6) is 11.6 Å². The van der Waals surface area contributed by atoms with E-state index in [1.807, 2.05) is 20.8 Å². The van der Waals surface area contributed by atoms with Crippen LogP contribution in [-0.2, 0) is 12.1 Å². The molecule has 0 unspecified atom stereocenters. The van der Waals surface area contributed by atoms with Gasteiger partial charge in [-0.15, -0.1) is 0 Å². The smallest absolute Gasteiger partial charge is 0.289 e. The van der Waals surface area contributed by atoms with Crippen LogP contribution in [0.3, 0.4) is 0 Å². The fourth-order valence-electron chi connectivity index (χ4n) is 2.11. The third-order valence-electron chi connectivity index (χ3n) is 3.55. The largest absolute Gasteiger partial charge is 0.485 e. The first-order chi connectivity index (χ1) is 12.2. The van der Waals surface area contributed by atoms with Gasteiger partial charge in [-0.25, -0.2) is 9.67 Å². The predicted octanol–water partition coefficient (Wildman–Crippen LogP) is 4.46. The van der Waals surface area contributed by atoms with Gasteiger partial charge in [0.05, 0.1) is 18.3 Å². The summed E-state index contributed by atoms with van der Waals surface area (Å²) < 4.78 is 12.4. The van der Waals surface area contributed by atoms with Crippen LogP contribution in [0.15, 0.2) is 23.1 Å². The van der Waals surface area contributed by atoms with Crippen molar-refractivity contribution < 1.29 is 9.47 Å². The zero-order valence-corrected chi connectivity index (χ0v) is 16.9. The Bertz CT molecular complexity index is 816. The average molecular weight is 400 g/mol. The minimum Gasteiger partial charge on any atom is -0.485 e. The van der Waals surface area contributed by atoms with Crippen molar-refractivity contribution >= 4 is 23.2 Å². The second-order valence-corrected chi connectivity index (χ2v) is 7.54. The highest BCUT2D eigenvalue weighted by Gasteiger charge is 2.20. The molecule has 0 aliphatic heterocycles. The normalized spacial score (nSPS) is 11.5. The quantitative estimate of drug-likeness (QED) is 0.507. The van der Waals surface area contributed by atoms with E-state index in [-0.39, 0.29) is 22.5 Å². The first-order valence-electron chi connectivity index (χ1n) is 8.43. The Morgan fingerprint density at radius 3 is 2.54 bits per heavy atom. The summed E-state index contributed by atoms with van der Waals surface area (Å²) in [6, 6.07) is 3.51. The molecule has 142 valence electrons. The summed E-state index contributed by atoms with van der Waals surface area (Å²) in [5.41, 5.74) is -0.216. The van der Waals surface area contributed by atoms with E-state index < -0.39 is 11.1 Å². The standard InChI is InChI=1S/C18H23Cl2N3O3/c1-5-6-9-25-14-8-7-12(16(20)22-14)11-26-13-10-21-23(18(2,3)4)17(24)15(13)19/h7-8,10H,5-6,9,11H2,1-4H3. The van der Waals surface area contributed by atoms with Crippen LogP contribution in [0.25, 0.3) is 0 Å². The Balaban J connectivity index is 2.09. The summed E-state index contributed by atoms with van der Waals surface area (Å²) in [7, 11) is 0. The molecular weight excluding hydrogens is 377 g/mol. The van der Waals surface area contributed by atoms with Crippen molar-refractivity contribution in [1.82, 2.24) is 14.8 Å². The molecule has 6 nitrogen and oxygen atoms in total. The van der Waals surface area contributed by atoms with Gasteiger partial charge in [-0.05, 0) is 33.3 Å². The van der Waals surface area contributed by atoms with Crippen LogP contribution in [-0.4, -0.2) is 21.4 Å². The minimum absolute atomic E-state index is 0.0153. The molecule has 2 aromatic rings. The van der Waals surface area contributed by atoms with Crippen LogP contribution in [0, 0.1) is 0 Å². The molecule has 8 heteroatoms. The monoisotopic (exact) mass is 399 g/mol. The summed E-state index contributed by atoms with van der Waals surface area (Å²) in [6.45, 7) is 8.40. The van der Waals surface area contributed by atoms with Gasteiger partial charge in [-0.1, -0.05) is 36.5 Å². The van der Waals surface area contributed by atoms with Gasteiger partial charge in [0.25, 0.3) is 5.56 Å². The summed E-state index contributed by atoms with van der Waals surface area (Å²) in [6.07, 6.45) is 3.43. The Labute approximate surface area is 163 Å². The van der Waals surface area contributed by atoms with Gasteiger partial charge >= 0.3 is 0 Å². The van der Waals surface area contributed by atoms with E-state index in [9.17, 15) is 4.79 Å². The van der Waals surface area contributed by atoms with E-state index in [1.54, 1.807) is 12.1 Å². The second-order valence-electron chi connectivity index (χ2n) is 6.80. The maximum absolute atomic E-state index is 12.3. The molecule has 0 radical (unpaired) electrons. The molecular formula is C18H23Cl2N3O3. The van der Waals surface area contributed by atoms with Crippen LogP contribution in [0.2, 0.25) is 10.2 Å². The molecule has 2 aromatic heterocycles. The van der Waals surface area contributed by atoms with Crippen molar-refractivity contribution in [3.8, 4) is 11.6 Å². The summed E-state index contributed by atoms with van der Waals surface area (Å²) in [5, 5.41) is 4.40. The molecule has 2 heterocycles. The molecule has 0 aliphatic rings. The lowest BCUT2D eigenvalue weighted by Gasteiger charge is -2.21. The molecule has 0 saturated carbocycles. The van der Waals surface area contributed by atoms with Crippen molar-refractivity contribution in [3.05, 3.63) is 44.4 Å². The van der Waals surface area contributed by atoms with Crippen LogP contribution in [0.4, 0.5) is 0 Å². The van der Waals surface area contributed by atoms with Crippen LogP contribution < -0.4 is 15.0 Å². The maximum Gasteiger partial charge on any atom is 0.289 e. The van der Waals surface area contributed by atoms with Crippen molar-refractivity contribution in [2.75, 3.05) is 6.61 Å². The van der Waals surface area contributed by atoms with E-state index in [2.05, 4.69) is 17.0 Å². The molecule has 0 saturated heterocycles. The lowest BCUT2D eigenvalue weighted by molar-refractivity contribution is 0.288. The molecule has 0 bridgehead atoms. The molecule has 0 fully saturated rings. The van der Waals surface area contributed by atoms with Gasteiger partial charge in [0.15, 0.2) is 10.8 Å². The third-order valence-corrected chi connectivity index (χ3v) is 4.23. The second kappa shape index (κ2) is 8.73. The highest BCUT2D eigenvalue weighted by Crippen LogP contribution is 2.24. The minimum atomic E-state index is -0.472. The molecule has 0 aromatic carbocycles. The van der Waals surface area contributed by atoms with Crippen molar-refractivity contribution in [2.45, 2.75) is 52.7 Å². The topological polar surface area (TPSA) is 66.2 Å². The fraction of sp³-hybridized carbons (Fsp3) is 0.500. The number of hydrogen-bond donors (Lipinski definition) is 0. The fourth-order valence-corrected chi connectivity index (χ4v) is 2.49. The zero-order valence-electron chi connectivity index (χ0n) is 15.4. The highest BCUT2D eigenvalue weighted by molar-refractivity contribution is 6.31. The SMILES string of the molecule is CCCCOc1ccc(COc2cnn(C(C)(C)C)c(=O)c2Cl)c(Cl)n1. The number of aromatic nitrogens is 3. The Morgan fingerprint density at radius 2 is 1.92 bits per heavy atom. The van der Waals surface area contributed by atoms with Gasteiger partial charge in [0.2, 0.25) is 5.88 Å². The summed E-state index contributed by atoms with van der Waals surface area (Å²) in [4.78, 5) is 16.5. The molecule has 2 rings (SSSR count). The third kappa shape index (κ3) is 5.11. The maximum atomic E-state index is 12.3. The Kier molecular flexibility index (Phi) is 6.89. The number of halogens is 2. The van der Waals surface area contributed by atoms with E-state index in [1.165, 1.54) is 10.9 Å². The van der Waals surface area contributed by atoms with Crippen LogP contribution >= 0.6 is 23.2 Å². The number of ether oxygens (including phenoxy) is 2. The average Bonchev–Trinajstić information content (AvgIpc) is 2.56. The lowest BCUT2D eigenvalue weighted by atomic mass is 10.1. The van der Waals surface area contributed by atoms with E-state index >= 15 is 0 Å². The van der Waals surface area contributed by atoms with Crippen molar-refractivity contribution in [1.29, 1.82) is 0 Å². The number of hydrogen-bond acceptors (Lipinski definition) is 5. The summed E-state index contributed by atoms with van der Waals surface area (Å²) >= 11 is 12.3. The molecule has 0 amide bonds. The number of rotatable bonds is 7. The number of pyridine rings is 1. The Hall–Kier alpha value is -1.79. The van der Waals surface area contributed by atoms with Gasteiger partial charge in [0.1, 0.15) is 11.8 Å². The zero-order chi connectivity index (χ0) is 19.3. The first-order valence-corrected chi connectivity index (χ1v) is 9.19. The summed E-state index contributed by atoms with van der Waals surface area (Å²) in [5.74, 6) is 0.677. The van der Waals surface area contributed by atoms with Gasteiger partial charge in [0, 0.05) is 11.6 Å². The number of unbranched alkanes of at least 4 members (excludes halogenated alkanes) is 1. The van der Waals surface area contributed by atoms with Crippen molar-refractivity contribution in [3.63, 3.8) is 0 Å². The van der Waals surface area contributed by atoms with Gasteiger partial charge in [-0.2, -0.15) is 5.10 Å². The predicted molar refractivity (Wildman–Crippen MR) is 102 cm³/mol. The van der Waals surface area contributed by atoms with Gasteiger partial charge in [-0.3, -0.25) is 4.79 Å². The molecule has 0 atom stereocenters. The molecule has 0 aliphatic carbocycles. The number of nitrogens with zero attached hydrogens (tertiary/aromatic N) is 3. The molecule has 26 heavy (non-hydrogen) atoms. The van der Waals surface area contributed by atoms with E-state index in [0.717, 1.165) is 12.8 Å². The van der Waals surface area contributed by atoms with Crippen LogP contribution in [0.1, 0.15) is 46.1 Å². The lowest BCUT2D eigenvalue weighted by Crippen LogP contribution is -2.36. The van der Waals surface area contributed by atoms with E-state index in [0.29, 0.717) is 18.1 Å². The van der Waals surface area contributed by atoms with Crippen molar-refractivity contribution in [2.24, 2.45) is 0 Å². The highest BCUT2D eigenvalue weighted by atomic mass is 35.5. The first kappa shape index (κ1) is 20.5. The molecule has 0 spiro atoms. The van der Waals surface area contributed by atoms with Gasteiger partial charge < -0.3 is 9.47 Å². The van der Waals surface area contributed by atoms with E-state index in [4.69, 9.17) is 32.7 Å². The Morgan fingerprint density at radius 1 is 1.19 bits per heavy atom. The molecule has 0 N–H and O–H groups in total.